The monoisotopic (exact) mass is 390 g/mol. The van der Waals surface area contributed by atoms with Crippen LogP contribution in [0.2, 0.25) is 10.0 Å². The summed E-state index contributed by atoms with van der Waals surface area (Å²) in [6.45, 7) is 3.71. The molecule has 2 N–H and O–H groups in total. The Morgan fingerprint density at radius 1 is 1.30 bits per heavy atom. The molecular weight excluding hydrogens is 375 g/mol. The van der Waals surface area contributed by atoms with Gasteiger partial charge >= 0.3 is 0 Å². The predicted octanol–water partition coefficient (Wildman–Crippen LogP) is 4.24. The second kappa shape index (κ2) is 8.19. The van der Waals surface area contributed by atoms with E-state index in [1.54, 1.807) is 19.2 Å². The van der Waals surface area contributed by atoms with Gasteiger partial charge in [-0.1, -0.05) is 52.4 Å². The number of anilines is 1. The molecule has 9 heteroatoms. The quantitative estimate of drug-likeness (QED) is 0.721. The van der Waals surface area contributed by atoms with Crippen LogP contribution in [0.4, 0.5) is 5.13 Å². The Hall–Kier alpha value is -1.02. The molecular formula is C14H16Cl2N4OS2. The summed E-state index contributed by atoms with van der Waals surface area (Å²) in [6.07, 6.45) is 0. The summed E-state index contributed by atoms with van der Waals surface area (Å²) in [5, 5.41) is 15.4. The molecule has 5 nitrogen and oxygen atoms in total. The van der Waals surface area contributed by atoms with Crippen molar-refractivity contribution in [3.05, 3.63) is 33.8 Å². The Morgan fingerprint density at radius 2 is 2.04 bits per heavy atom. The van der Waals surface area contributed by atoms with Crippen molar-refractivity contribution in [1.29, 1.82) is 0 Å². The molecule has 2 atom stereocenters. The Morgan fingerprint density at radius 3 is 2.65 bits per heavy atom. The van der Waals surface area contributed by atoms with E-state index in [0.717, 1.165) is 15.0 Å². The average Bonchev–Trinajstić information content (AvgIpc) is 2.94. The molecule has 0 aliphatic rings. The fourth-order valence-electron chi connectivity index (χ4n) is 1.82. The third kappa shape index (κ3) is 4.97. The Kier molecular flexibility index (Phi) is 6.52. The highest BCUT2D eigenvalue weighted by Gasteiger charge is 2.20. The predicted molar refractivity (Wildman–Crippen MR) is 97.8 cm³/mol. The summed E-state index contributed by atoms with van der Waals surface area (Å²) in [7, 11) is 1.78. The van der Waals surface area contributed by atoms with Crippen molar-refractivity contribution in [2.45, 2.75) is 29.5 Å². The molecule has 23 heavy (non-hydrogen) atoms. The van der Waals surface area contributed by atoms with Crippen LogP contribution in [0.3, 0.4) is 0 Å². The fourth-order valence-corrected chi connectivity index (χ4v) is 4.26. The molecule has 1 heterocycles. The number of aromatic nitrogens is 2. The number of carbonyl (C=O) groups excluding carboxylic acids is 1. The smallest absolute Gasteiger partial charge is 0.233 e. The Balaban J connectivity index is 1.97. The van der Waals surface area contributed by atoms with Crippen LogP contribution < -0.4 is 10.6 Å². The lowest BCUT2D eigenvalue weighted by molar-refractivity contribution is -0.120. The molecule has 1 amide bonds. The van der Waals surface area contributed by atoms with Gasteiger partial charge in [0.05, 0.1) is 11.3 Å². The van der Waals surface area contributed by atoms with Crippen molar-refractivity contribution in [1.82, 2.24) is 15.5 Å². The van der Waals surface area contributed by atoms with Gasteiger partial charge in [-0.05, 0) is 31.5 Å². The number of hydrogen-bond donors (Lipinski definition) is 2. The zero-order chi connectivity index (χ0) is 17.0. The molecule has 2 rings (SSSR count). The highest BCUT2D eigenvalue weighted by Crippen LogP contribution is 2.30. The largest absolute Gasteiger partial charge is 0.363 e. The van der Waals surface area contributed by atoms with Gasteiger partial charge in [-0.15, -0.1) is 10.2 Å². The maximum atomic E-state index is 12.3. The summed E-state index contributed by atoms with van der Waals surface area (Å²) in [4.78, 5) is 12.3. The van der Waals surface area contributed by atoms with E-state index in [2.05, 4.69) is 20.8 Å². The number of halogens is 2. The van der Waals surface area contributed by atoms with Crippen LogP contribution in [0.25, 0.3) is 0 Å². The molecule has 2 aromatic rings. The third-order valence-corrected chi connectivity index (χ3v) is 5.74. The topological polar surface area (TPSA) is 66.9 Å². The number of rotatable bonds is 6. The zero-order valence-electron chi connectivity index (χ0n) is 12.8. The summed E-state index contributed by atoms with van der Waals surface area (Å²) < 4.78 is 0.745. The van der Waals surface area contributed by atoms with Crippen LogP contribution in [0, 0.1) is 0 Å². The number of benzene rings is 1. The van der Waals surface area contributed by atoms with Gasteiger partial charge in [0, 0.05) is 17.1 Å². The first-order chi connectivity index (χ1) is 10.9. The highest BCUT2D eigenvalue weighted by molar-refractivity contribution is 8.02. The van der Waals surface area contributed by atoms with Crippen molar-refractivity contribution in [2.75, 3.05) is 12.4 Å². The van der Waals surface area contributed by atoms with Gasteiger partial charge in [0.2, 0.25) is 11.0 Å². The lowest BCUT2D eigenvalue weighted by Crippen LogP contribution is -2.33. The number of nitrogens with one attached hydrogen (secondary N) is 2. The van der Waals surface area contributed by atoms with Crippen LogP contribution in [0.15, 0.2) is 22.5 Å². The zero-order valence-corrected chi connectivity index (χ0v) is 15.9. The molecule has 0 fully saturated rings. The molecule has 0 radical (unpaired) electrons. The average molecular weight is 391 g/mol. The number of carbonyl (C=O) groups is 1. The minimum atomic E-state index is -0.291. The summed E-state index contributed by atoms with van der Waals surface area (Å²) in [5.74, 6) is -0.0882. The first-order valence-electron chi connectivity index (χ1n) is 6.84. The van der Waals surface area contributed by atoms with Gasteiger partial charge in [0.1, 0.15) is 0 Å². The molecule has 0 aliphatic carbocycles. The normalized spacial score (nSPS) is 13.4. The summed E-state index contributed by atoms with van der Waals surface area (Å²) in [5.41, 5.74) is 0.829. The minimum absolute atomic E-state index is 0.0882. The van der Waals surface area contributed by atoms with Gasteiger partial charge in [0.25, 0.3) is 0 Å². The van der Waals surface area contributed by atoms with E-state index in [1.165, 1.54) is 23.1 Å². The second-order valence-corrected chi connectivity index (χ2v) is 8.19. The van der Waals surface area contributed by atoms with E-state index in [-0.39, 0.29) is 17.2 Å². The number of hydrogen-bond acceptors (Lipinski definition) is 6. The molecule has 124 valence electrons. The fraction of sp³-hybridized carbons (Fsp3) is 0.357. The molecule has 1 aromatic carbocycles. The van der Waals surface area contributed by atoms with Crippen LogP contribution in [0.1, 0.15) is 25.5 Å². The Bertz CT molecular complexity index is 695. The van der Waals surface area contributed by atoms with Gasteiger partial charge in [0.15, 0.2) is 4.34 Å². The van der Waals surface area contributed by atoms with E-state index in [4.69, 9.17) is 23.2 Å². The van der Waals surface area contributed by atoms with Crippen molar-refractivity contribution in [3.8, 4) is 0 Å². The van der Waals surface area contributed by atoms with Crippen molar-refractivity contribution < 1.29 is 4.79 Å². The van der Waals surface area contributed by atoms with Crippen LogP contribution in [-0.4, -0.2) is 28.4 Å². The van der Waals surface area contributed by atoms with Crippen molar-refractivity contribution in [3.63, 3.8) is 0 Å². The summed E-state index contributed by atoms with van der Waals surface area (Å²) in [6, 6.07) is 5.03. The van der Waals surface area contributed by atoms with Gasteiger partial charge in [-0.25, -0.2) is 0 Å². The van der Waals surface area contributed by atoms with Gasteiger partial charge in [-0.2, -0.15) is 0 Å². The number of amides is 1. The first-order valence-corrected chi connectivity index (χ1v) is 9.29. The van der Waals surface area contributed by atoms with Crippen LogP contribution in [-0.2, 0) is 4.79 Å². The Labute approximate surface area is 153 Å². The molecule has 0 bridgehead atoms. The van der Waals surface area contributed by atoms with E-state index in [1.807, 2.05) is 19.9 Å². The van der Waals surface area contributed by atoms with Crippen molar-refractivity contribution >= 4 is 57.3 Å². The molecule has 0 unspecified atom stereocenters. The molecule has 0 saturated carbocycles. The number of thioether (sulfide) groups is 1. The minimum Gasteiger partial charge on any atom is -0.363 e. The van der Waals surface area contributed by atoms with E-state index in [9.17, 15) is 4.79 Å². The highest BCUT2D eigenvalue weighted by atomic mass is 35.5. The van der Waals surface area contributed by atoms with Crippen LogP contribution in [0.5, 0.6) is 0 Å². The third-order valence-electron chi connectivity index (χ3n) is 3.05. The maximum absolute atomic E-state index is 12.3. The molecule has 0 spiro atoms. The molecule has 1 aromatic heterocycles. The lowest BCUT2D eigenvalue weighted by Gasteiger charge is -2.18. The van der Waals surface area contributed by atoms with E-state index < -0.39 is 0 Å². The van der Waals surface area contributed by atoms with E-state index in [0.29, 0.717) is 10.0 Å². The SMILES string of the molecule is CNc1nnc(S[C@H](C)C(=O)N[C@H](C)c2ccc(Cl)cc2Cl)s1. The summed E-state index contributed by atoms with van der Waals surface area (Å²) >= 11 is 14.8. The van der Waals surface area contributed by atoms with Gasteiger partial charge < -0.3 is 10.6 Å². The van der Waals surface area contributed by atoms with Crippen LogP contribution >= 0.6 is 46.3 Å². The lowest BCUT2D eigenvalue weighted by atomic mass is 10.1. The molecule has 0 aliphatic heterocycles. The van der Waals surface area contributed by atoms with Crippen molar-refractivity contribution in [2.24, 2.45) is 0 Å². The first kappa shape index (κ1) is 18.3. The van der Waals surface area contributed by atoms with Gasteiger partial charge in [-0.3, -0.25) is 4.79 Å². The molecule has 0 saturated heterocycles. The number of nitrogens with zero attached hydrogens (tertiary/aromatic N) is 2. The second-order valence-electron chi connectivity index (χ2n) is 4.78. The standard InChI is InChI=1S/C14H16Cl2N4OS2/c1-7(10-5-4-9(15)6-11(10)16)18-12(21)8(2)22-14-20-19-13(17-3)23-14/h4-8H,1-3H3,(H,17,19)(H,18,21)/t7-,8-/m1/s1. The maximum Gasteiger partial charge on any atom is 0.233 e. The van der Waals surface area contributed by atoms with E-state index >= 15 is 0 Å².